The number of benzene rings is 3. The van der Waals surface area contributed by atoms with Gasteiger partial charge in [0.2, 0.25) is 0 Å². The fraction of sp³-hybridized carbons (Fsp3) is 0.156. The summed E-state index contributed by atoms with van der Waals surface area (Å²) < 4.78 is 5.77. The van der Waals surface area contributed by atoms with Crippen LogP contribution in [0, 0.1) is 6.92 Å². The van der Waals surface area contributed by atoms with Crippen molar-refractivity contribution in [3.63, 3.8) is 0 Å². The van der Waals surface area contributed by atoms with E-state index in [1.165, 1.54) is 0 Å². The highest BCUT2D eigenvalue weighted by Crippen LogP contribution is 2.48. The molecule has 0 saturated heterocycles. The van der Waals surface area contributed by atoms with Gasteiger partial charge in [-0.1, -0.05) is 77.4 Å². The summed E-state index contributed by atoms with van der Waals surface area (Å²) >= 11 is 6.19. The molecule has 1 saturated carbocycles. The first kappa shape index (κ1) is 24.1. The smallest absolute Gasteiger partial charge is 0.314 e. The van der Waals surface area contributed by atoms with Crippen LogP contribution in [0.5, 0.6) is 0 Å². The predicted molar refractivity (Wildman–Crippen MR) is 148 cm³/mol. The molecule has 3 aromatic carbocycles. The van der Waals surface area contributed by atoms with Gasteiger partial charge in [-0.3, -0.25) is 9.78 Å². The Morgan fingerprint density at radius 3 is 2.24 bits per heavy atom. The van der Waals surface area contributed by atoms with Crippen molar-refractivity contribution >= 4 is 17.6 Å². The molecule has 1 aliphatic carbocycles. The van der Waals surface area contributed by atoms with Crippen molar-refractivity contribution in [3.05, 3.63) is 119 Å². The van der Waals surface area contributed by atoms with Gasteiger partial charge >= 0.3 is 5.97 Å². The van der Waals surface area contributed by atoms with Gasteiger partial charge in [-0.2, -0.15) is 0 Å². The van der Waals surface area contributed by atoms with Gasteiger partial charge < -0.3 is 9.63 Å². The lowest BCUT2D eigenvalue weighted by atomic mass is 9.93. The van der Waals surface area contributed by atoms with Crippen molar-refractivity contribution in [3.8, 4) is 33.6 Å². The van der Waals surface area contributed by atoms with E-state index in [1.807, 2.05) is 80.0 Å². The topological polar surface area (TPSA) is 76.2 Å². The number of hydrogen-bond acceptors (Lipinski definition) is 4. The third-order valence-corrected chi connectivity index (χ3v) is 7.63. The van der Waals surface area contributed by atoms with Crippen LogP contribution in [0.1, 0.15) is 35.2 Å². The first-order valence-electron chi connectivity index (χ1n) is 12.5. The first-order chi connectivity index (χ1) is 18.4. The third-order valence-electron chi connectivity index (χ3n) is 7.40. The van der Waals surface area contributed by atoms with Gasteiger partial charge in [0.05, 0.1) is 11.1 Å². The average Bonchev–Trinajstić information content (AvgIpc) is 3.68. The second-order valence-electron chi connectivity index (χ2n) is 9.89. The van der Waals surface area contributed by atoms with Crippen LogP contribution in [0.3, 0.4) is 0 Å². The van der Waals surface area contributed by atoms with Crippen molar-refractivity contribution in [1.82, 2.24) is 10.1 Å². The largest absolute Gasteiger partial charge is 0.481 e. The number of rotatable bonds is 7. The van der Waals surface area contributed by atoms with Crippen molar-refractivity contribution in [2.24, 2.45) is 0 Å². The molecule has 6 heteroatoms. The van der Waals surface area contributed by atoms with Crippen LogP contribution in [0.25, 0.3) is 33.6 Å². The lowest BCUT2D eigenvalue weighted by molar-refractivity contribution is -0.140. The monoisotopic (exact) mass is 520 g/mol. The maximum Gasteiger partial charge on any atom is 0.314 e. The highest BCUT2D eigenvalue weighted by Gasteiger charge is 2.51. The van der Waals surface area contributed by atoms with E-state index in [-0.39, 0.29) is 0 Å². The second kappa shape index (κ2) is 9.58. The van der Waals surface area contributed by atoms with Crippen molar-refractivity contribution in [2.75, 3.05) is 0 Å². The molecule has 188 valence electrons. The number of aryl methyl sites for hydroxylation is 1. The molecule has 0 aliphatic heterocycles. The lowest BCUT2D eigenvalue weighted by Gasteiger charge is -2.11. The third kappa shape index (κ3) is 4.50. The SMILES string of the molecule is Cc1noc(-c2ccc(-c3ccc(C4(C(=O)O)CC4)cc3)cc2)c1Cc1cncc(-c2cccc(Cl)c2)c1. The van der Waals surface area contributed by atoms with Gasteiger partial charge in [-0.15, -0.1) is 0 Å². The summed E-state index contributed by atoms with van der Waals surface area (Å²) in [6, 6.07) is 25.9. The van der Waals surface area contributed by atoms with Gasteiger partial charge in [-0.25, -0.2) is 0 Å². The highest BCUT2D eigenvalue weighted by atomic mass is 35.5. The number of hydrogen-bond donors (Lipinski definition) is 1. The van der Waals surface area contributed by atoms with Crippen molar-refractivity contribution in [1.29, 1.82) is 0 Å². The fourth-order valence-electron chi connectivity index (χ4n) is 4.98. The van der Waals surface area contributed by atoms with Crippen LogP contribution in [-0.2, 0) is 16.6 Å². The Balaban J connectivity index is 1.24. The molecule has 1 N–H and O–H groups in total. The van der Waals surface area contributed by atoms with Crippen LogP contribution >= 0.6 is 11.6 Å². The number of halogens is 1. The molecular weight excluding hydrogens is 496 g/mol. The zero-order valence-electron chi connectivity index (χ0n) is 20.8. The summed E-state index contributed by atoms with van der Waals surface area (Å²) in [5, 5.41) is 14.5. The van der Waals surface area contributed by atoms with Gasteiger partial charge in [0.25, 0.3) is 0 Å². The molecule has 1 fully saturated rings. The maximum absolute atomic E-state index is 11.6. The van der Waals surface area contributed by atoms with Crippen molar-refractivity contribution in [2.45, 2.75) is 31.6 Å². The minimum absolute atomic E-state index is 0.639. The Kier molecular flexibility index (Phi) is 6.09. The molecule has 6 rings (SSSR count). The van der Waals surface area contributed by atoms with E-state index in [9.17, 15) is 9.90 Å². The molecule has 5 nitrogen and oxygen atoms in total. The number of carbonyl (C=O) groups is 1. The molecule has 0 atom stereocenters. The normalized spacial score (nSPS) is 13.8. The van der Waals surface area contributed by atoms with Crippen LogP contribution in [0.4, 0.5) is 0 Å². The maximum atomic E-state index is 11.6. The number of carboxylic acids is 1. The van der Waals surface area contributed by atoms with E-state index in [0.717, 1.165) is 56.0 Å². The molecule has 2 heterocycles. The Hall–Kier alpha value is -4.22. The molecule has 0 amide bonds. The van der Waals surface area contributed by atoms with Gasteiger partial charge in [-0.05, 0) is 65.8 Å². The number of aliphatic carboxylic acids is 1. The van der Waals surface area contributed by atoms with Crippen LogP contribution in [0.2, 0.25) is 5.02 Å². The van der Waals surface area contributed by atoms with E-state index in [0.29, 0.717) is 24.3 Å². The molecule has 0 radical (unpaired) electrons. The average molecular weight is 521 g/mol. The van der Waals surface area contributed by atoms with E-state index in [2.05, 4.69) is 28.3 Å². The summed E-state index contributed by atoms with van der Waals surface area (Å²) in [7, 11) is 0. The number of pyridine rings is 1. The summed E-state index contributed by atoms with van der Waals surface area (Å²) in [5.74, 6) is 0.00872. The standard InChI is InChI=1S/C32H25ClN2O3/c1-20-29(16-21-15-26(19-34-18-21)25-3-2-4-28(33)17-25)30(38-35-20)24-7-5-22(6-8-24)23-9-11-27(12-10-23)32(13-14-32)31(36)37/h2-12,15,17-19H,13-14,16H2,1H3,(H,36,37). The Morgan fingerprint density at radius 2 is 1.58 bits per heavy atom. The van der Waals surface area contributed by atoms with Crippen LogP contribution in [0.15, 0.2) is 95.8 Å². The zero-order chi connectivity index (χ0) is 26.3. The second-order valence-corrected chi connectivity index (χ2v) is 10.3. The molecule has 1 aliphatic rings. The number of aromatic nitrogens is 2. The van der Waals surface area contributed by atoms with Crippen molar-refractivity contribution < 1.29 is 14.4 Å². The number of carboxylic acid groups (broad SMARTS) is 1. The summed E-state index contributed by atoms with van der Waals surface area (Å²) in [4.78, 5) is 16.1. The van der Waals surface area contributed by atoms with Crippen LogP contribution in [-0.4, -0.2) is 21.2 Å². The first-order valence-corrected chi connectivity index (χ1v) is 12.9. The molecule has 0 unspecified atom stereocenters. The molecule has 5 aromatic rings. The summed E-state index contributed by atoms with van der Waals surface area (Å²) in [6.07, 6.45) is 5.76. The lowest BCUT2D eigenvalue weighted by Crippen LogP contribution is -2.19. The zero-order valence-corrected chi connectivity index (χ0v) is 21.6. The molecule has 2 aromatic heterocycles. The van der Waals surface area contributed by atoms with E-state index < -0.39 is 11.4 Å². The van der Waals surface area contributed by atoms with E-state index in [4.69, 9.17) is 16.1 Å². The molecule has 0 bridgehead atoms. The Labute approximate surface area is 225 Å². The molecular formula is C32H25ClN2O3. The van der Waals surface area contributed by atoms with Gasteiger partial charge in [0.1, 0.15) is 0 Å². The Bertz CT molecular complexity index is 1630. The van der Waals surface area contributed by atoms with E-state index in [1.54, 1.807) is 0 Å². The fourth-order valence-corrected chi connectivity index (χ4v) is 5.18. The van der Waals surface area contributed by atoms with Gasteiger partial charge in [0.15, 0.2) is 5.76 Å². The summed E-state index contributed by atoms with van der Waals surface area (Å²) in [6.45, 7) is 1.95. The highest BCUT2D eigenvalue weighted by molar-refractivity contribution is 6.30. The van der Waals surface area contributed by atoms with Crippen LogP contribution < -0.4 is 0 Å². The molecule has 38 heavy (non-hydrogen) atoms. The predicted octanol–water partition coefficient (Wildman–Crippen LogP) is 7.74. The number of nitrogens with zero attached hydrogens (tertiary/aromatic N) is 2. The van der Waals surface area contributed by atoms with E-state index >= 15 is 0 Å². The van der Waals surface area contributed by atoms with Gasteiger partial charge in [0, 0.05) is 40.5 Å². The Morgan fingerprint density at radius 1 is 0.895 bits per heavy atom. The summed E-state index contributed by atoms with van der Waals surface area (Å²) in [5.41, 5.74) is 8.18. The minimum atomic E-state index is -0.736. The minimum Gasteiger partial charge on any atom is -0.481 e. The quantitative estimate of drug-likeness (QED) is 0.237. The molecule has 0 spiro atoms.